The Morgan fingerprint density at radius 2 is 2.09 bits per heavy atom. The summed E-state index contributed by atoms with van der Waals surface area (Å²) in [4.78, 5) is 16.7. The molecule has 0 atom stereocenters. The summed E-state index contributed by atoms with van der Waals surface area (Å²) in [6, 6.07) is 13.2. The smallest absolute Gasteiger partial charge is 0.209 e. The highest BCUT2D eigenvalue weighted by atomic mass is 35.5. The minimum Gasteiger partial charge on any atom is -0.287 e. The molecule has 4 nitrogen and oxygen atoms in total. The first-order chi connectivity index (χ1) is 10.7. The van der Waals surface area contributed by atoms with Crippen LogP contribution in [0.15, 0.2) is 47.6 Å². The molecule has 0 saturated heterocycles. The molecule has 0 bridgehead atoms. The molecule has 0 unspecified atom stereocenters. The number of thiazole rings is 1. The lowest BCUT2D eigenvalue weighted by molar-refractivity contribution is 0.106. The van der Waals surface area contributed by atoms with Crippen LogP contribution in [0.3, 0.4) is 0 Å². The summed E-state index contributed by atoms with van der Waals surface area (Å²) >= 11 is 7.47. The Hall–Kier alpha value is -2.24. The number of fused-ring (bicyclic) bond motifs is 2. The van der Waals surface area contributed by atoms with Gasteiger partial charge in [0.15, 0.2) is 0 Å². The highest BCUT2D eigenvalue weighted by molar-refractivity contribution is 7.22. The number of benzene rings is 2. The van der Waals surface area contributed by atoms with E-state index in [-0.39, 0.29) is 5.78 Å². The second-order valence-corrected chi connectivity index (χ2v) is 6.43. The molecular weight excluding hydrogens is 318 g/mol. The van der Waals surface area contributed by atoms with Gasteiger partial charge in [-0.2, -0.15) is 5.10 Å². The van der Waals surface area contributed by atoms with E-state index in [1.807, 2.05) is 30.3 Å². The number of anilines is 1. The van der Waals surface area contributed by atoms with Gasteiger partial charge < -0.3 is 0 Å². The first-order valence-corrected chi connectivity index (χ1v) is 7.91. The Morgan fingerprint density at radius 3 is 2.95 bits per heavy atom. The molecule has 6 heteroatoms. The number of nitrogens with zero attached hydrogens (tertiary/aromatic N) is 2. The van der Waals surface area contributed by atoms with E-state index in [0.717, 1.165) is 15.8 Å². The van der Waals surface area contributed by atoms with E-state index in [2.05, 4.69) is 15.5 Å². The Bertz CT molecular complexity index is 899. The van der Waals surface area contributed by atoms with Gasteiger partial charge in [-0.1, -0.05) is 35.1 Å². The van der Waals surface area contributed by atoms with Crippen molar-refractivity contribution in [1.82, 2.24) is 4.98 Å². The van der Waals surface area contributed by atoms with E-state index >= 15 is 0 Å². The molecule has 108 valence electrons. The molecule has 22 heavy (non-hydrogen) atoms. The van der Waals surface area contributed by atoms with E-state index in [0.29, 0.717) is 27.9 Å². The Kier molecular flexibility index (Phi) is 3.17. The zero-order valence-corrected chi connectivity index (χ0v) is 12.9. The minimum atomic E-state index is -0.0553. The lowest BCUT2D eigenvalue weighted by Crippen LogP contribution is -2.10. The largest absolute Gasteiger partial charge is 0.287 e. The van der Waals surface area contributed by atoms with Gasteiger partial charge in [0, 0.05) is 17.0 Å². The molecule has 0 fully saturated rings. The summed E-state index contributed by atoms with van der Waals surface area (Å²) in [5, 5.41) is 5.54. The van der Waals surface area contributed by atoms with Crippen molar-refractivity contribution >= 4 is 49.8 Å². The zero-order valence-electron chi connectivity index (χ0n) is 11.3. The normalized spacial score (nSPS) is 15.5. The van der Waals surface area contributed by atoms with Crippen molar-refractivity contribution in [2.24, 2.45) is 5.10 Å². The SMILES string of the molecule is O=C1/C(=N\Nc2nc3ccccc3s2)Cc2cc(Cl)ccc21. The molecule has 1 aromatic heterocycles. The molecule has 1 heterocycles. The van der Waals surface area contributed by atoms with Crippen LogP contribution in [0.25, 0.3) is 10.2 Å². The molecule has 3 aromatic rings. The minimum absolute atomic E-state index is 0.0553. The Morgan fingerprint density at radius 1 is 1.23 bits per heavy atom. The zero-order chi connectivity index (χ0) is 15.1. The standard InChI is InChI=1S/C16H10ClN3OS/c17-10-5-6-11-9(7-10)8-13(15(11)21)19-20-16-18-12-3-1-2-4-14(12)22-16/h1-7H,8H2,(H,18,20)/b19-13-. The van der Waals surface area contributed by atoms with Crippen molar-refractivity contribution in [2.75, 3.05) is 5.43 Å². The highest BCUT2D eigenvalue weighted by Gasteiger charge is 2.26. The van der Waals surface area contributed by atoms with Crippen LogP contribution in [-0.2, 0) is 6.42 Å². The van der Waals surface area contributed by atoms with Crippen LogP contribution in [0.5, 0.6) is 0 Å². The monoisotopic (exact) mass is 327 g/mol. The highest BCUT2D eigenvalue weighted by Crippen LogP contribution is 2.27. The lowest BCUT2D eigenvalue weighted by Gasteiger charge is -1.95. The van der Waals surface area contributed by atoms with E-state index in [1.54, 1.807) is 12.1 Å². The van der Waals surface area contributed by atoms with Crippen LogP contribution in [0.2, 0.25) is 5.02 Å². The molecule has 0 spiro atoms. The first kappa shape index (κ1) is 13.4. The van der Waals surface area contributed by atoms with Crippen LogP contribution >= 0.6 is 22.9 Å². The number of hydrogen-bond donors (Lipinski definition) is 1. The number of carbonyl (C=O) groups is 1. The number of halogens is 1. The number of aromatic nitrogens is 1. The molecule has 1 aliphatic carbocycles. The number of nitrogens with one attached hydrogen (secondary N) is 1. The number of hydrogen-bond acceptors (Lipinski definition) is 5. The second kappa shape index (κ2) is 5.19. The molecule has 0 radical (unpaired) electrons. The summed E-state index contributed by atoms with van der Waals surface area (Å²) in [5.41, 5.74) is 5.89. The number of para-hydroxylation sites is 1. The van der Waals surface area contributed by atoms with Gasteiger partial charge in [0.2, 0.25) is 10.9 Å². The van der Waals surface area contributed by atoms with Gasteiger partial charge in [-0.25, -0.2) is 4.98 Å². The molecular formula is C16H10ClN3OS. The summed E-state index contributed by atoms with van der Waals surface area (Å²) in [6.45, 7) is 0. The number of Topliss-reactive ketones (excluding diaryl/α,β-unsaturated/α-hetero) is 1. The van der Waals surface area contributed by atoms with E-state index < -0.39 is 0 Å². The fraction of sp³-hybridized carbons (Fsp3) is 0.0625. The maximum atomic E-state index is 12.3. The topological polar surface area (TPSA) is 54.4 Å². The summed E-state index contributed by atoms with van der Waals surface area (Å²) in [6.07, 6.45) is 0.493. The second-order valence-electron chi connectivity index (χ2n) is 4.96. The molecule has 0 saturated carbocycles. The lowest BCUT2D eigenvalue weighted by atomic mass is 10.1. The average Bonchev–Trinajstić information content (AvgIpc) is 3.06. The van der Waals surface area contributed by atoms with Crippen LogP contribution in [0.4, 0.5) is 5.13 Å². The van der Waals surface area contributed by atoms with Crippen LogP contribution in [0.1, 0.15) is 15.9 Å². The van der Waals surface area contributed by atoms with Gasteiger partial charge in [-0.15, -0.1) is 0 Å². The third-order valence-electron chi connectivity index (χ3n) is 3.51. The Balaban J connectivity index is 1.60. The predicted octanol–water partition coefficient (Wildman–Crippen LogP) is 4.16. The first-order valence-electron chi connectivity index (χ1n) is 6.72. The molecule has 1 aliphatic rings. The van der Waals surface area contributed by atoms with Crippen molar-refractivity contribution in [2.45, 2.75) is 6.42 Å². The summed E-state index contributed by atoms with van der Waals surface area (Å²) in [7, 11) is 0. The van der Waals surface area contributed by atoms with Crippen molar-refractivity contribution in [3.8, 4) is 0 Å². The van der Waals surface area contributed by atoms with Gasteiger partial charge >= 0.3 is 0 Å². The van der Waals surface area contributed by atoms with Crippen LogP contribution < -0.4 is 5.43 Å². The van der Waals surface area contributed by atoms with Gasteiger partial charge in [-0.05, 0) is 35.9 Å². The van der Waals surface area contributed by atoms with Crippen molar-refractivity contribution < 1.29 is 4.79 Å². The maximum Gasteiger partial charge on any atom is 0.209 e. The fourth-order valence-electron chi connectivity index (χ4n) is 2.47. The molecule has 0 aliphatic heterocycles. The summed E-state index contributed by atoms with van der Waals surface area (Å²) in [5.74, 6) is -0.0553. The number of ketones is 1. The van der Waals surface area contributed by atoms with Gasteiger partial charge in [-0.3, -0.25) is 10.2 Å². The predicted molar refractivity (Wildman–Crippen MR) is 90.2 cm³/mol. The van der Waals surface area contributed by atoms with Gasteiger partial charge in [0.1, 0.15) is 5.71 Å². The van der Waals surface area contributed by atoms with Crippen molar-refractivity contribution in [1.29, 1.82) is 0 Å². The Labute approximate surface area is 135 Å². The van der Waals surface area contributed by atoms with Crippen LogP contribution in [-0.4, -0.2) is 16.5 Å². The van der Waals surface area contributed by atoms with Crippen molar-refractivity contribution in [3.05, 3.63) is 58.6 Å². The third kappa shape index (κ3) is 2.28. The molecule has 2 aromatic carbocycles. The quantitative estimate of drug-likeness (QED) is 0.719. The number of hydrazone groups is 1. The van der Waals surface area contributed by atoms with E-state index in [1.165, 1.54) is 11.3 Å². The average molecular weight is 328 g/mol. The molecule has 4 rings (SSSR count). The summed E-state index contributed by atoms with van der Waals surface area (Å²) < 4.78 is 1.08. The van der Waals surface area contributed by atoms with Crippen LogP contribution in [0, 0.1) is 0 Å². The van der Waals surface area contributed by atoms with E-state index in [4.69, 9.17) is 11.6 Å². The van der Waals surface area contributed by atoms with Gasteiger partial charge in [0.25, 0.3) is 0 Å². The molecule has 1 N–H and O–H groups in total. The molecule has 0 amide bonds. The van der Waals surface area contributed by atoms with E-state index in [9.17, 15) is 4.79 Å². The maximum absolute atomic E-state index is 12.3. The fourth-order valence-corrected chi connectivity index (χ4v) is 3.47. The van der Waals surface area contributed by atoms with Gasteiger partial charge in [0.05, 0.1) is 10.2 Å². The number of rotatable bonds is 2. The van der Waals surface area contributed by atoms with Crippen molar-refractivity contribution in [3.63, 3.8) is 0 Å². The number of carbonyl (C=O) groups excluding carboxylic acids is 1. The third-order valence-corrected chi connectivity index (χ3v) is 4.69.